The molecule has 2 aromatic carbocycles. The van der Waals surface area contributed by atoms with Crippen LogP contribution in [0.1, 0.15) is 18.1 Å². The number of aliphatic hydroxyl groups excluding tert-OH is 1. The second-order valence-electron chi connectivity index (χ2n) is 3.99. The molecule has 0 aliphatic rings. The number of hydrogen-bond acceptors (Lipinski definition) is 2. The molecule has 3 heteroatoms. The average molecular weight is 263 g/mol. The summed E-state index contributed by atoms with van der Waals surface area (Å²) < 4.78 is 5.74. The highest BCUT2D eigenvalue weighted by molar-refractivity contribution is 6.32. The van der Waals surface area contributed by atoms with Gasteiger partial charge in [0.1, 0.15) is 5.75 Å². The summed E-state index contributed by atoms with van der Waals surface area (Å²) in [6.45, 7) is 2.01. The Hall–Kier alpha value is -1.51. The fourth-order valence-corrected chi connectivity index (χ4v) is 1.94. The molecule has 0 radical (unpaired) electrons. The third-order valence-corrected chi connectivity index (χ3v) is 3.07. The van der Waals surface area contributed by atoms with Crippen LogP contribution in [0.2, 0.25) is 5.02 Å². The normalized spacial score (nSPS) is 10.4. The maximum atomic E-state index is 9.26. The molecule has 2 aromatic rings. The molecule has 0 spiro atoms. The molecule has 0 saturated heterocycles. The lowest BCUT2D eigenvalue weighted by Crippen LogP contribution is -1.92. The van der Waals surface area contributed by atoms with Gasteiger partial charge in [0.25, 0.3) is 0 Å². The van der Waals surface area contributed by atoms with Gasteiger partial charge in [0, 0.05) is 5.56 Å². The van der Waals surface area contributed by atoms with Crippen LogP contribution in [0.25, 0.3) is 0 Å². The zero-order valence-corrected chi connectivity index (χ0v) is 10.9. The minimum absolute atomic E-state index is 0.0943. The number of hydrogen-bond donors (Lipinski definition) is 1. The van der Waals surface area contributed by atoms with Gasteiger partial charge in [0.05, 0.1) is 11.6 Å². The molecule has 2 rings (SSSR count). The van der Waals surface area contributed by atoms with Gasteiger partial charge in [-0.2, -0.15) is 0 Å². The van der Waals surface area contributed by atoms with Gasteiger partial charge in [0.2, 0.25) is 0 Å². The van der Waals surface area contributed by atoms with Crippen molar-refractivity contribution < 1.29 is 9.84 Å². The van der Waals surface area contributed by atoms with Gasteiger partial charge in [-0.25, -0.2) is 0 Å². The van der Waals surface area contributed by atoms with E-state index in [1.54, 1.807) is 18.2 Å². The van der Waals surface area contributed by atoms with Crippen molar-refractivity contribution in [1.82, 2.24) is 0 Å². The highest BCUT2D eigenvalue weighted by atomic mass is 35.5. The van der Waals surface area contributed by atoms with Crippen molar-refractivity contribution in [2.24, 2.45) is 0 Å². The first-order valence-electron chi connectivity index (χ1n) is 5.89. The second-order valence-corrected chi connectivity index (χ2v) is 4.39. The van der Waals surface area contributed by atoms with Crippen molar-refractivity contribution in [1.29, 1.82) is 0 Å². The third kappa shape index (κ3) is 2.84. The topological polar surface area (TPSA) is 29.5 Å². The van der Waals surface area contributed by atoms with Gasteiger partial charge < -0.3 is 9.84 Å². The summed E-state index contributed by atoms with van der Waals surface area (Å²) in [6, 6.07) is 13.2. The van der Waals surface area contributed by atoms with Crippen LogP contribution in [0.5, 0.6) is 11.5 Å². The molecule has 0 aromatic heterocycles. The largest absolute Gasteiger partial charge is 0.455 e. The Balaban J connectivity index is 2.27. The Bertz CT molecular complexity index is 521. The Labute approximate surface area is 112 Å². The minimum Gasteiger partial charge on any atom is -0.455 e. The zero-order chi connectivity index (χ0) is 13.0. The predicted octanol–water partition coefficient (Wildman–Crippen LogP) is 4.19. The Morgan fingerprint density at radius 3 is 2.44 bits per heavy atom. The zero-order valence-electron chi connectivity index (χ0n) is 10.2. The number of ether oxygens (including phenoxy) is 1. The number of aryl methyl sites for hydroxylation is 1. The fraction of sp³-hybridized carbons (Fsp3) is 0.200. The lowest BCUT2D eigenvalue weighted by Gasteiger charge is -2.11. The smallest absolute Gasteiger partial charge is 0.151 e. The quantitative estimate of drug-likeness (QED) is 0.895. The van der Waals surface area contributed by atoms with Gasteiger partial charge >= 0.3 is 0 Å². The molecule has 1 N–H and O–H groups in total. The summed E-state index contributed by atoms with van der Waals surface area (Å²) >= 11 is 6.08. The van der Waals surface area contributed by atoms with Crippen molar-refractivity contribution in [3.8, 4) is 11.5 Å². The molecule has 0 atom stereocenters. The van der Waals surface area contributed by atoms with Crippen molar-refractivity contribution in [2.75, 3.05) is 0 Å². The summed E-state index contributed by atoms with van der Waals surface area (Å²) in [5.41, 5.74) is 1.94. The van der Waals surface area contributed by atoms with Gasteiger partial charge in [-0.05, 0) is 30.2 Å². The Morgan fingerprint density at radius 2 is 1.83 bits per heavy atom. The van der Waals surface area contributed by atoms with E-state index in [-0.39, 0.29) is 6.61 Å². The highest BCUT2D eigenvalue weighted by Crippen LogP contribution is 2.33. The molecule has 0 unspecified atom stereocenters. The van der Waals surface area contributed by atoms with E-state index in [0.717, 1.165) is 12.2 Å². The van der Waals surface area contributed by atoms with E-state index in [2.05, 4.69) is 6.92 Å². The average Bonchev–Trinajstić information content (AvgIpc) is 2.42. The van der Waals surface area contributed by atoms with Crippen LogP contribution in [0.4, 0.5) is 0 Å². The fourth-order valence-electron chi connectivity index (χ4n) is 1.70. The predicted molar refractivity (Wildman–Crippen MR) is 73.3 cm³/mol. The maximum absolute atomic E-state index is 9.26. The van der Waals surface area contributed by atoms with E-state index < -0.39 is 0 Å². The van der Waals surface area contributed by atoms with E-state index in [1.807, 2.05) is 24.3 Å². The van der Waals surface area contributed by atoms with Crippen molar-refractivity contribution >= 4 is 11.6 Å². The first-order valence-corrected chi connectivity index (χ1v) is 6.27. The number of benzene rings is 2. The third-order valence-electron chi connectivity index (χ3n) is 2.77. The van der Waals surface area contributed by atoms with Crippen molar-refractivity contribution in [3.63, 3.8) is 0 Å². The van der Waals surface area contributed by atoms with Crippen LogP contribution in [-0.2, 0) is 13.0 Å². The minimum atomic E-state index is -0.0943. The number of halogens is 1. The molecule has 0 heterocycles. The van der Waals surface area contributed by atoms with Crippen LogP contribution < -0.4 is 4.74 Å². The van der Waals surface area contributed by atoms with Crippen LogP contribution in [0, 0.1) is 0 Å². The molecule has 94 valence electrons. The molecular formula is C15H15ClO2. The Kier molecular flexibility index (Phi) is 4.24. The molecule has 18 heavy (non-hydrogen) atoms. The highest BCUT2D eigenvalue weighted by Gasteiger charge is 2.08. The number of aliphatic hydroxyl groups is 1. The molecular weight excluding hydrogens is 248 g/mol. The lowest BCUT2D eigenvalue weighted by molar-refractivity contribution is 0.276. The van der Waals surface area contributed by atoms with E-state index in [4.69, 9.17) is 16.3 Å². The van der Waals surface area contributed by atoms with Gasteiger partial charge in [-0.15, -0.1) is 0 Å². The monoisotopic (exact) mass is 262 g/mol. The van der Waals surface area contributed by atoms with Crippen LogP contribution in [0.15, 0.2) is 42.5 Å². The first-order chi connectivity index (χ1) is 8.74. The first kappa shape index (κ1) is 12.9. The van der Waals surface area contributed by atoms with Crippen molar-refractivity contribution in [3.05, 3.63) is 58.6 Å². The maximum Gasteiger partial charge on any atom is 0.151 e. The van der Waals surface area contributed by atoms with Gasteiger partial charge in [-0.1, -0.05) is 42.8 Å². The van der Waals surface area contributed by atoms with Gasteiger partial charge in [0.15, 0.2) is 5.75 Å². The molecule has 0 fully saturated rings. The van der Waals surface area contributed by atoms with E-state index in [1.165, 1.54) is 5.56 Å². The Morgan fingerprint density at radius 1 is 1.11 bits per heavy atom. The molecule has 0 aliphatic carbocycles. The molecule has 2 nitrogen and oxygen atoms in total. The van der Waals surface area contributed by atoms with Crippen LogP contribution in [-0.4, -0.2) is 5.11 Å². The summed E-state index contributed by atoms with van der Waals surface area (Å²) in [4.78, 5) is 0. The molecule has 0 aliphatic heterocycles. The summed E-state index contributed by atoms with van der Waals surface area (Å²) in [5.74, 6) is 1.24. The van der Waals surface area contributed by atoms with Gasteiger partial charge in [-0.3, -0.25) is 0 Å². The summed E-state index contributed by atoms with van der Waals surface area (Å²) in [7, 11) is 0. The van der Waals surface area contributed by atoms with Crippen LogP contribution in [0.3, 0.4) is 0 Å². The standard InChI is InChI=1S/C15H15ClO2/c1-2-11-6-8-13(9-7-11)18-15-12(10-17)4-3-5-14(15)16/h3-9,17H,2,10H2,1H3. The molecule has 0 saturated carbocycles. The van der Waals surface area contributed by atoms with E-state index in [0.29, 0.717) is 16.3 Å². The van der Waals surface area contributed by atoms with E-state index >= 15 is 0 Å². The van der Waals surface area contributed by atoms with E-state index in [9.17, 15) is 5.11 Å². The SMILES string of the molecule is CCc1ccc(Oc2c(Cl)cccc2CO)cc1. The molecule has 0 bridgehead atoms. The number of para-hydroxylation sites is 1. The lowest BCUT2D eigenvalue weighted by atomic mass is 10.1. The summed E-state index contributed by atoms with van der Waals surface area (Å²) in [6.07, 6.45) is 0.994. The van der Waals surface area contributed by atoms with Crippen molar-refractivity contribution in [2.45, 2.75) is 20.0 Å². The second kappa shape index (κ2) is 5.89. The number of rotatable bonds is 4. The molecule has 0 amide bonds. The van der Waals surface area contributed by atoms with Crippen LogP contribution >= 0.6 is 11.6 Å². The summed E-state index contributed by atoms with van der Waals surface area (Å²) in [5, 5.41) is 9.77.